The first-order valence-corrected chi connectivity index (χ1v) is 18.1. The van der Waals surface area contributed by atoms with E-state index in [2.05, 4.69) is 66.4 Å². The fraction of sp³-hybridized carbons (Fsp3) is 0.659. The number of carbonyl (C=O) groups is 4. The normalized spacial score (nSPS) is 12.0. The predicted octanol–water partition coefficient (Wildman–Crippen LogP) is 11.1. The van der Waals surface area contributed by atoms with E-state index in [-0.39, 0.29) is 41.3 Å². The van der Waals surface area contributed by atoms with E-state index in [1.165, 1.54) is 63.5 Å². The van der Waals surface area contributed by atoms with Crippen molar-refractivity contribution < 1.29 is 23.9 Å². The topological polar surface area (TPSA) is 89.5 Å². The van der Waals surface area contributed by atoms with Crippen LogP contribution in [-0.4, -0.2) is 36.4 Å². The van der Waals surface area contributed by atoms with E-state index in [0.29, 0.717) is 23.8 Å². The fourth-order valence-corrected chi connectivity index (χ4v) is 4.81. The van der Waals surface area contributed by atoms with Crippen LogP contribution in [0.5, 0.6) is 5.75 Å². The minimum absolute atomic E-state index is 0.169. The van der Waals surface area contributed by atoms with Gasteiger partial charge in [-0.2, -0.15) is 0 Å². The van der Waals surface area contributed by atoms with Gasteiger partial charge in [-0.15, -0.1) is 0 Å². The van der Waals surface area contributed by atoms with Gasteiger partial charge in [0.1, 0.15) is 11.5 Å². The Kier molecular flexibility index (Phi) is 28.6. The highest BCUT2D eigenvalue weighted by Crippen LogP contribution is 2.24. The van der Waals surface area contributed by atoms with E-state index in [0.717, 1.165) is 44.9 Å². The summed E-state index contributed by atoms with van der Waals surface area (Å²) in [7, 11) is 0. The number of unbranched alkanes of at least 4 members (excludes halogenated alkanes) is 6. The van der Waals surface area contributed by atoms with Crippen LogP contribution in [0.25, 0.3) is 0 Å². The highest BCUT2D eigenvalue weighted by molar-refractivity contribution is 6.09. The van der Waals surface area contributed by atoms with Crippen molar-refractivity contribution in [2.24, 2.45) is 11.8 Å². The molecule has 1 aromatic carbocycles. The van der Waals surface area contributed by atoms with Gasteiger partial charge < -0.3 is 10.1 Å². The molecule has 0 spiro atoms. The number of nitrogens with one attached hydrogen (secondary N) is 1. The van der Waals surface area contributed by atoms with Gasteiger partial charge >= 0.3 is 0 Å². The maximum atomic E-state index is 11.9. The van der Waals surface area contributed by atoms with Crippen LogP contribution < -0.4 is 10.1 Å². The average Bonchev–Trinajstić information content (AvgIpc) is 3.05. The summed E-state index contributed by atoms with van der Waals surface area (Å²) in [5.74, 6) is 0.789. The van der Waals surface area contributed by atoms with Crippen LogP contribution in [-0.2, 0) is 9.59 Å². The zero-order valence-corrected chi connectivity index (χ0v) is 31.8. The molecule has 1 amide bonds. The summed E-state index contributed by atoms with van der Waals surface area (Å²) in [5.41, 5.74) is 3.33. The lowest BCUT2D eigenvalue weighted by Gasteiger charge is -2.16. The Morgan fingerprint density at radius 1 is 0.851 bits per heavy atom. The fourth-order valence-electron chi connectivity index (χ4n) is 4.81. The number of hydrogen-bond donors (Lipinski definition) is 1. The Balaban J connectivity index is 0. The van der Waals surface area contributed by atoms with Crippen molar-refractivity contribution in [3.63, 3.8) is 0 Å². The summed E-state index contributed by atoms with van der Waals surface area (Å²) in [6.45, 7) is 24.2. The van der Waals surface area contributed by atoms with Gasteiger partial charge in [0.25, 0.3) is 5.91 Å². The van der Waals surface area contributed by atoms with E-state index >= 15 is 0 Å². The molecule has 0 fully saturated rings. The Hall–Kier alpha value is -3.02. The molecule has 2 unspecified atom stereocenters. The molecule has 47 heavy (non-hydrogen) atoms. The Morgan fingerprint density at radius 3 is 1.94 bits per heavy atom. The summed E-state index contributed by atoms with van der Waals surface area (Å²) < 4.78 is 5.49. The molecule has 6 nitrogen and oxygen atoms in total. The van der Waals surface area contributed by atoms with Gasteiger partial charge in [-0.3, -0.25) is 19.2 Å². The Morgan fingerprint density at radius 2 is 1.47 bits per heavy atom. The van der Waals surface area contributed by atoms with Crippen LogP contribution in [0.2, 0.25) is 0 Å². The molecule has 1 aromatic rings. The smallest absolute Gasteiger partial charge is 0.257 e. The van der Waals surface area contributed by atoms with Gasteiger partial charge in [0.15, 0.2) is 18.2 Å². The molecule has 0 saturated heterocycles. The van der Waals surface area contributed by atoms with Crippen LogP contribution in [0.1, 0.15) is 173 Å². The third-order valence-electron chi connectivity index (χ3n) is 8.60. The first kappa shape index (κ1) is 46.1. The zero-order valence-electron chi connectivity index (χ0n) is 31.8. The number of rotatable bonds is 22. The van der Waals surface area contributed by atoms with Crippen molar-refractivity contribution in [2.45, 2.75) is 153 Å². The first-order chi connectivity index (χ1) is 22.3. The van der Waals surface area contributed by atoms with Crippen LogP contribution in [0.3, 0.4) is 0 Å². The summed E-state index contributed by atoms with van der Waals surface area (Å²) in [5, 5.41) is 2.83. The van der Waals surface area contributed by atoms with Gasteiger partial charge in [0.2, 0.25) is 0 Å². The lowest BCUT2D eigenvalue weighted by atomic mass is 9.88. The average molecular weight is 656 g/mol. The molecule has 0 radical (unpaired) electrons. The highest BCUT2D eigenvalue weighted by Gasteiger charge is 2.18. The minimum atomic E-state index is -0.255. The SMILES string of the molecule is C=C(CCC(CCC)C(C)=O)C(C)CC.CC=C(C)CC.CCCCCCCCCNC(=O)COc1cccc(C(C)=O)c1C(C)=O. The molecule has 2 atom stereocenters. The third kappa shape index (κ3) is 23.0. The maximum absolute atomic E-state index is 11.9. The molecule has 0 bridgehead atoms. The molecule has 6 heteroatoms. The first-order valence-electron chi connectivity index (χ1n) is 18.1. The quantitative estimate of drug-likeness (QED) is 0.0762. The summed E-state index contributed by atoms with van der Waals surface area (Å²) in [4.78, 5) is 46.8. The monoisotopic (exact) mass is 656 g/mol. The summed E-state index contributed by atoms with van der Waals surface area (Å²) >= 11 is 0. The second-order valence-corrected chi connectivity index (χ2v) is 12.6. The van der Waals surface area contributed by atoms with Crippen molar-refractivity contribution in [3.05, 3.63) is 53.1 Å². The number of ether oxygens (including phenoxy) is 1. The van der Waals surface area contributed by atoms with Crippen LogP contribution in [0.15, 0.2) is 42.0 Å². The second-order valence-electron chi connectivity index (χ2n) is 12.6. The van der Waals surface area contributed by atoms with Crippen molar-refractivity contribution in [2.75, 3.05) is 13.2 Å². The molecule has 0 aliphatic heterocycles. The molecule has 1 rings (SSSR count). The molecule has 1 N–H and O–H groups in total. The van der Waals surface area contributed by atoms with E-state index in [4.69, 9.17) is 4.74 Å². The number of ketones is 3. The van der Waals surface area contributed by atoms with Gasteiger partial charge in [0, 0.05) is 18.0 Å². The largest absolute Gasteiger partial charge is 0.483 e. The van der Waals surface area contributed by atoms with Gasteiger partial charge in [-0.1, -0.05) is 115 Å². The van der Waals surface area contributed by atoms with Crippen molar-refractivity contribution >= 4 is 23.3 Å². The van der Waals surface area contributed by atoms with Gasteiger partial charge in [-0.25, -0.2) is 0 Å². The van der Waals surface area contributed by atoms with E-state index in [1.807, 2.05) is 0 Å². The molecule has 268 valence electrons. The third-order valence-corrected chi connectivity index (χ3v) is 8.60. The second kappa shape index (κ2) is 29.1. The Labute approximate surface area is 288 Å². The molecule has 0 aliphatic rings. The number of Topliss-reactive ketones (excluding diaryl/α,β-unsaturated/α-hetero) is 3. The van der Waals surface area contributed by atoms with E-state index in [9.17, 15) is 19.2 Å². The Bertz CT molecular complexity index is 1090. The summed E-state index contributed by atoms with van der Waals surface area (Å²) in [6, 6.07) is 4.84. The highest BCUT2D eigenvalue weighted by atomic mass is 16.5. The molecule has 0 saturated carbocycles. The predicted molar refractivity (Wildman–Crippen MR) is 200 cm³/mol. The molecule has 0 aromatic heterocycles. The number of amides is 1. The van der Waals surface area contributed by atoms with Gasteiger partial charge in [-0.05, 0) is 85.1 Å². The standard InChI is InChI=1S/C21H31NO4.C14H26O.C6H12/c1-4-5-6-7-8-9-10-14-22-20(25)15-26-19-13-11-12-18(16(2)23)21(19)17(3)24;1-6-8-14(13(5)15)10-9-12(4)11(3)7-2;1-4-6(3)5-2/h11-13H,4-10,14-15H2,1-3H3,(H,22,25);11,14H,4,6-10H2,1-3,5H3;4H,5H2,1-3H3. The van der Waals surface area contributed by atoms with Crippen molar-refractivity contribution in [3.8, 4) is 5.75 Å². The molecule has 0 heterocycles. The molecular weight excluding hydrogens is 586 g/mol. The summed E-state index contributed by atoms with van der Waals surface area (Å²) in [6.07, 6.45) is 17.0. The zero-order chi connectivity index (χ0) is 36.2. The van der Waals surface area contributed by atoms with E-state index < -0.39 is 0 Å². The lowest BCUT2D eigenvalue weighted by Crippen LogP contribution is -2.30. The van der Waals surface area contributed by atoms with Crippen molar-refractivity contribution in [1.82, 2.24) is 5.32 Å². The van der Waals surface area contributed by atoms with Crippen LogP contribution >= 0.6 is 0 Å². The maximum Gasteiger partial charge on any atom is 0.257 e. The molecule has 0 aliphatic carbocycles. The lowest BCUT2D eigenvalue weighted by molar-refractivity contribution is -0.123. The molecular formula is C41H69NO5. The number of allylic oxidation sites excluding steroid dienone is 3. The van der Waals surface area contributed by atoms with Crippen LogP contribution in [0, 0.1) is 11.8 Å². The van der Waals surface area contributed by atoms with E-state index in [1.54, 1.807) is 25.1 Å². The van der Waals surface area contributed by atoms with Crippen LogP contribution in [0.4, 0.5) is 0 Å². The number of hydrogen-bond acceptors (Lipinski definition) is 5. The number of carbonyl (C=O) groups excluding carboxylic acids is 4. The van der Waals surface area contributed by atoms with Crippen molar-refractivity contribution in [1.29, 1.82) is 0 Å². The minimum Gasteiger partial charge on any atom is -0.483 e. The number of benzene rings is 1. The van der Waals surface area contributed by atoms with Gasteiger partial charge in [0.05, 0.1) is 5.56 Å².